The lowest BCUT2D eigenvalue weighted by Gasteiger charge is -2.13. The standard InChI is InChI=1S/C23H21ClN2O4/c1-29-18-12-7-15(21(14-18)30-2)13-22(27)26-20-6-4-3-5-19(20)23(28)25-17-10-8-16(24)9-11-17/h3-12,14H,13H2,1-2H3,(H,25,28)(H,26,27). The minimum Gasteiger partial charge on any atom is -0.497 e. The van der Waals surface area contributed by atoms with Gasteiger partial charge in [0, 0.05) is 22.3 Å². The quantitative estimate of drug-likeness (QED) is 0.571. The lowest BCUT2D eigenvalue weighted by molar-refractivity contribution is -0.115. The average molecular weight is 425 g/mol. The van der Waals surface area contributed by atoms with Crippen LogP contribution < -0.4 is 20.1 Å². The molecule has 0 unspecified atom stereocenters. The second-order valence-corrected chi connectivity index (χ2v) is 6.85. The van der Waals surface area contributed by atoms with Crippen LogP contribution in [0, 0.1) is 0 Å². The Morgan fingerprint density at radius 2 is 1.63 bits per heavy atom. The predicted octanol–water partition coefficient (Wildman–Crippen LogP) is 4.79. The topological polar surface area (TPSA) is 76.7 Å². The number of hydrogen-bond donors (Lipinski definition) is 2. The molecule has 0 aliphatic heterocycles. The molecule has 0 fully saturated rings. The summed E-state index contributed by atoms with van der Waals surface area (Å²) in [6.07, 6.45) is 0.0836. The minimum absolute atomic E-state index is 0.0836. The van der Waals surface area contributed by atoms with E-state index in [1.807, 2.05) is 0 Å². The van der Waals surface area contributed by atoms with Crippen LogP contribution in [0.4, 0.5) is 11.4 Å². The molecular weight excluding hydrogens is 404 g/mol. The van der Waals surface area contributed by atoms with Crippen molar-refractivity contribution in [3.05, 3.63) is 82.9 Å². The molecule has 0 saturated carbocycles. The molecule has 0 atom stereocenters. The molecule has 6 nitrogen and oxygen atoms in total. The SMILES string of the molecule is COc1ccc(CC(=O)Nc2ccccc2C(=O)Nc2ccc(Cl)cc2)c(OC)c1. The van der Waals surface area contributed by atoms with Crippen molar-refractivity contribution in [3.8, 4) is 11.5 Å². The van der Waals surface area contributed by atoms with Crippen molar-refractivity contribution in [2.45, 2.75) is 6.42 Å². The molecule has 0 spiro atoms. The highest BCUT2D eigenvalue weighted by molar-refractivity contribution is 6.30. The normalized spacial score (nSPS) is 10.2. The van der Waals surface area contributed by atoms with E-state index in [4.69, 9.17) is 21.1 Å². The number of anilines is 2. The molecule has 0 bridgehead atoms. The number of nitrogens with one attached hydrogen (secondary N) is 2. The number of para-hydroxylation sites is 1. The van der Waals surface area contributed by atoms with Gasteiger partial charge in [-0.15, -0.1) is 0 Å². The summed E-state index contributed by atoms with van der Waals surface area (Å²) in [6.45, 7) is 0. The fraction of sp³-hybridized carbons (Fsp3) is 0.130. The third-order valence-electron chi connectivity index (χ3n) is 4.39. The summed E-state index contributed by atoms with van der Waals surface area (Å²) in [6, 6.07) is 18.9. The first-order valence-electron chi connectivity index (χ1n) is 9.17. The molecule has 2 N–H and O–H groups in total. The molecule has 3 rings (SSSR count). The molecule has 0 aromatic heterocycles. The summed E-state index contributed by atoms with van der Waals surface area (Å²) in [7, 11) is 3.10. The van der Waals surface area contributed by atoms with Gasteiger partial charge in [-0.3, -0.25) is 9.59 Å². The largest absolute Gasteiger partial charge is 0.497 e. The van der Waals surface area contributed by atoms with Gasteiger partial charge in [0.15, 0.2) is 0 Å². The summed E-state index contributed by atoms with van der Waals surface area (Å²) >= 11 is 5.88. The highest BCUT2D eigenvalue weighted by Crippen LogP contribution is 2.26. The second kappa shape index (κ2) is 9.80. The fourth-order valence-corrected chi connectivity index (χ4v) is 3.01. The molecule has 3 aromatic rings. The summed E-state index contributed by atoms with van der Waals surface area (Å²) in [4.78, 5) is 25.3. The van der Waals surface area contributed by atoms with Gasteiger partial charge in [-0.1, -0.05) is 29.8 Å². The van der Waals surface area contributed by atoms with E-state index in [0.29, 0.717) is 39.0 Å². The first kappa shape index (κ1) is 21.2. The summed E-state index contributed by atoms with van der Waals surface area (Å²) < 4.78 is 10.5. The minimum atomic E-state index is -0.338. The van der Waals surface area contributed by atoms with E-state index in [1.165, 1.54) is 7.11 Å². The first-order chi connectivity index (χ1) is 14.5. The predicted molar refractivity (Wildman–Crippen MR) is 118 cm³/mol. The number of methoxy groups -OCH3 is 2. The maximum Gasteiger partial charge on any atom is 0.257 e. The highest BCUT2D eigenvalue weighted by atomic mass is 35.5. The number of carbonyl (C=O) groups excluding carboxylic acids is 2. The van der Waals surface area contributed by atoms with Crippen LogP contribution in [0.3, 0.4) is 0 Å². The van der Waals surface area contributed by atoms with Gasteiger partial charge in [0.05, 0.1) is 31.9 Å². The molecule has 0 aliphatic carbocycles. The van der Waals surface area contributed by atoms with Crippen LogP contribution in [-0.4, -0.2) is 26.0 Å². The number of halogens is 1. The Labute approximate surface area is 179 Å². The summed E-state index contributed by atoms with van der Waals surface area (Å²) in [5, 5.41) is 6.18. The maximum absolute atomic E-state index is 12.7. The number of benzene rings is 3. The molecular formula is C23H21ClN2O4. The van der Waals surface area contributed by atoms with Crippen molar-refractivity contribution < 1.29 is 19.1 Å². The van der Waals surface area contributed by atoms with Gasteiger partial charge in [0.25, 0.3) is 5.91 Å². The summed E-state index contributed by atoms with van der Waals surface area (Å²) in [5.41, 5.74) is 2.08. The number of ether oxygens (including phenoxy) is 2. The van der Waals surface area contributed by atoms with E-state index >= 15 is 0 Å². The smallest absolute Gasteiger partial charge is 0.257 e. The highest BCUT2D eigenvalue weighted by Gasteiger charge is 2.15. The van der Waals surface area contributed by atoms with Crippen LogP contribution in [-0.2, 0) is 11.2 Å². The van der Waals surface area contributed by atoms with Gasteiger partial charge >= 0.3 is 0 Å². The van der Waals surface area contributed by atoms with Crippen molar-refractivity contribution in [1.82, 2.24) is 0 Å². The van der Waals surface area contributed by atoms with Gasteiger partial charge in [0.1, 0.15) is 11.5 Å². The number of rotatable bonds is 7. The van der Waals surface area contributed by atoms with Crippen LogP contribution in [0.2, 0.25) is 5.02 Å². The Morgan fingerprint density at radius 1 is 0.900 bits per heavy atom. The Bertz CT molecular complexity index is 1050. The Morgan fingerprint density at radius 3 is 2.33 bits per heavy atom. The Balaban J connectivity index is 1.73. The lowest BCUT2D eigenvalue weighted by Crippen LogP contribution is -2.19. The lowest BCUT2D eigenvalue weighted by atomic mass is 10.1. The molecule has 0 radical (unpaired) electrons. The van der Waals surface area contributed by atoms with E-state index in [1.54, 1.807) is 73.8 Å². The van der Waals surface area contributed by atoms with Crippen molar-refractivity contribution in [2.24, 2.45) is 0 Å². The Hall–Kier alpha value is -3.51. The fourth-order valence-electron chi connectivity index (χ4n) is 2.89. The second-order valence-electron chi connectivity index (χ2n) is 6.41. The van der Waals surface area contributed by atoms with Crippen molar-refractivity contribution in [3.63, 3.8) is 0 Å². The molecule has 7 heteroatoms. The van der Waals surface area contributed by atoms with Gasteiger partial charge in [0.2, 0.25) is 5.91 Å². The Kier molecular flexibility index (Phi) is 6.93. The summed E-state index contributed by atoms with van der Waals surface area (Å²) in [5.74, 6) is 0.582. The number of carbonyl (C=O) groups is 2. The molecule has 0 aliphatic rings. The van der Waals surface area contributed by atoms with Crippen molar-refractivity contribution in [2.75, 3.05) is 24.9 Å². The van der Waals surface area contributed by atoms with E-state index < -0.39 is 0 Å². The molecule has 154 valence electrons. The van der Waals surface area contributed by atoms with E-state index in [9.17, 15) is 9.59 Å². The first-order valence-corrected chi connectivity index (χ1v) is 9.54. The van der Waals surface area contributed by atoms with Crippen molar-refractivity contribution >= 4 is 34.8 Å². The third kappa shape index (κ3) is 5.30. The molecule has 0 saturated heterocycles. The molecule has 3 aromatic carbocycles. The van der Waals surface area contributed by atoms with Crippen molar-refractivity contribution in [1.29, 1.82) is 0 Å². The van der Waals surface area contributed by atoms with Gasteiger partial charge < -0.3 is 20.1 Å². The number of amides is 2. The van der Waals surface area contributed by atoms with Crippen LogP contribution in [0.15, 0.2) is 66.7 Å². The van der Waals surface area contributed by atoms with E-state index in [0.717, 1.165) is 0 Å². The van der Waals surface area contributed by atoms with E-state index in [-0.39, 0.29) is 18.2 Å². The van der Waals surface area contributed by atoms with Crippen LogP contribution in [0.1, 0.15) is 15.9 Å². The molecule has 0 heterocycles. The molecule has 2 amide bonds. The van der Waals surface area contributed by atoms with Crippen LogP contribution >= 0.6 is 11.6 Å². The van der Waals surface area contributed by atoms with Gasteiger partial charge in [-0.05, 0) is 42.5 Å². The van der Waals surface area contributed by atoms with Gasteiger partial charge in [-0.2, -0.15) is 0 Å². The van der Waals surface area contributed by atoms with Crippen LogP contribution in [0.5, 0.6) is 11.5 Å². The zero-order valence-electron chi connectivity index (χ0n) is 16.6. The van der Waals surface area contributed by atoms with E-state index in [2.05, 4.69) is 10.6 Å². The zero-order valence-corrected chi connectivity index (χ0v) is 17.3. The molecule has 30 heavy (non-hydrogen) atoms. The van der Waals surface area contributed by atoms with Gasteiger partial charge in [-0.25, -0.2) is 0 Å². The number of hydrogen-bond acceptors (Lipinski definition) is 4. The van der Waals surface area contributed by atoms with Crippen LogP contribution in [0.25, 0.3) is 0 Å². The monoisotopic (exact) mass is 424 g/mol. The third-order valence-corrected chi connectivity index (χ3v) is 4.65. The average Bonchev–Trinajstić information content (AvgIpc) is 2.76. The maximum atomic E-state index is 12.7. The zero-order chi connectivity index (χ0) is 21.5.